The van der Waals surface area contributed by atoms with Crippen molar-refractivity contribution in [2.45, 2.75) is 20.4 Å². The summed E-state index contributed by atoms with van der Waals surface area (Å²) in [4.78, 5) is 1.89. The Morgan fingerprint density at radius 1 is 1.41 bits per heavy atom. The van der Waals surface area contributed by atoms with Crippen molar-refractivity contribution in [3.63, 3.8) is 0 Å². The average molecular weight is 232 g/mol. The molecule has 0 saturated heterocycles. The number of nitrogens with one attached hydrogen (secondary N) is 1. The van der Waals surface area contributed by atoms with Crippen molar-refractivity contribution in [1.29, 1.82) is 0 Å². The molecule has 1 N–H and O–H groups in total. The molecule has 0 radical (unpaired) electrons. The number of aromatic nitrogens is 2. The van der Waals surface area contributed by atoms with Gasteiger partial charge in [-0.05, 0) is 24.6 Å². The standard InChI is InChI=1S/C13H20N4/c1-5-8-17(4)13-7-6-12(15-16-13)10-14-9-11(2)3/h1,6-7,11,14H,8-10H2,2-4H3. The highest BCUT2D eigenvalue weighted by atomic mass is 15.2. The maximum absolute atomic E-state index is 5.24. The van der Waals surface area contributed by atoms with E-state index in [9.17, 15) is 0 Å². The smallest absolute Gasteiger partial charge is 0.151 e. The van der Waals surface area contributed by atoms with E-state index in [-0.39, 0.29) is 0 Å². The summed E-state index contributed by atoms with van der Waals surface area (Å²) in [6, 6.07) is 3.92. The maximum Gasteiger partial charge on any atom is 0.151 e. The summed E-state index contributed by atoms with van der Waals surface area (Å²) in [5.41, 5.74) is 0.948. The summed E-state index contributed by atoms with van der Waals surface area (Å²) in [6.45, 7) is 6.64. The van der Waals surface area contributed by atoms with Crippen LogP contribution >= 0.6 is 0 Å². The molecular weight excluding hydrogens is 212 g/mol. The number of hydrogen-bond acceptors (Lipinski definition) is 4. The van der Waals surface area contributed by atoms with Crippen LogP contribution in [0.15, 0.2) is 12.1 Å². The van der Waals surface area contributed by atoms with Crippen molar-refractivity contribution in [1.82, 2.24) is 15.5 Å². The van der Waals surface area contributed by atoms with E-state index in [0.29, 0.717) is 12.5 Å². The minimum Gasteiger partial charge on any atom is -0.347 e. The second kappa shape index (κ2) is 6.87. The molecule has 0 amide bonds. The van der Waals surface area contributed by atoms with Gasteiger partial charge in [0.05, 0.1) is 12.2 Å². The van der Waals surface area contributed by atoms with Gasteiger partial charge >= 0.3 is 0 Å². The summed E-state index contributed by atoms with van der Waals surface area (Å²) in [5, 5.41) is 11.6. The zero-order chi connectivity index (χ0) is 12.7. The molecule has 0 fully saturated rings. The number of anilines is 1. The molecule has 0 aromatic carbocycles. The van der Waals surface area contributed by atoms with Gasteiger partial charge in [-0.2, -0.15) is 5.10 Å². The molecule has 0 aliphatic carbocycles. The Kier molecular flexibility index (Phi) is 5.44. The van der Waals surface area contributed by atoms with Gasteiger partial charge in [0.15, 0.2) is 5.82 Å². The zero-order valence-corrected chi connectivity index (χ0v) is 10.8. The molecule has 1 heterocycles. The van der Waals surface area contributed by atoms with Crippen molar-refractivity contribution in [2.24, 2.45) is 5.92 Å². The van der Waals surface area contributed by atoms with Crippen LogP contribution in [0.25, 0.3) is 0 Å². The summed E-state index contributed by atoms with van der Waals surface area (Å²) in [6.07, 6.45) is 5.24. The first-order chi connectivity index (χ1) is 8.13. The molecular formula is C13H20N4. The van der Waals surface area contributed by atoms with Gasteiger partial charge in [0.1, 0.15) is 0 Å². The summed E-state index contributed by atoms with van der Waals surface area (Å²) in [7, 11) is 1.90. The van der Waals surface area contributed by atoms with E-state index in [0.717, 1.165) is 24.6 Å². The molecule has 0 spiro atoms. The Hall–Kier alpha value is -1.60. The lowest BCUT2D eigenvalue weighted by atomic mass is 10.2. The van der Waals surface area contributed by atoms with Gasteiger partial charge < -0.3 is 10.2 Å². The fourth-order valence-corrected chi connectivity index (χ4v) is 1.36. The van der Waals surface area contributed by atoms with Gasteiger partial charge in [0.25, 0.3) is 0 Å². The SMILES string of the molecule is C#CCN(C)c1ccc(CNCC(C)C)nn1. The van der Waals surface area contributed by atoms with Crippen molar-refractivity contribution < 1.29 is 0 Å². The van der Waals surface area contributed by atoms with Crippen molar-refractivity contribution in [3.05, 3.63) is 17.8 Å². The minimum atomic E-state index is 0.541. The summed E-state index contributed by atoms with van der Waals surface area (Å²) < 4.78 is 0. The van der Waals surface area contributed by atoms with Crippen LogP contribution in [0.2, 0.25) is 0 Å². The predicted octanol–water partition coefficient (Wildman–Crippen LogP) is 1.29. The quantitative estimate of drug-likeness (QED) is 0.750. The molecule has 0 aliphatic rings. The first-order valence-electron chi connectivity index (χ1n) is 5.81. The van der Waals surface area contributed by atoms with E-state index in [1.165, 1.54) is 0 Å². The second-order valence-electron chi connectivity index (χ2n) is 4.47. The third-order valence-electron chi connectivity index (χ3n) is 2.28. The highest BCUT2D eigenvalue weighted by Gasteiger charge is 2.02. The molecule has 17 heavy (non-hydrogen) atoms. The molecule has 1 rings (SSSR count). The first kappa shape index (κ1) is 13.5. The third-order valence-corrected chi connectivity index (χ3v) is 2.28. The van der Waals surface area contributed by atoms with E-state index in [4.69, 9.17) is 6.42 Å². The van der Waals surface area contributed by atoms with Gasteiger partial charge in [0, 0.05) is 13.6 Å². The number of hydrogen-bond donors (Lipinski definition) is 1. The Bertz CT molecular complexity index is 364. The molecule has 1 aromatic heterocycles. The molecule has 4 heteroatoms. The second-order valence-corrected chi connectivity index (χ2v) is 4.47. The number of terminal acetylenes is 1. The minimum absolute atomic E-state index is 0.541. The molecule has 0 unspecified atom stereocenters. The largest absolute Gasteiger partial charge is 0.347 e. The lowest BCUT2D eigenvalue weighted by Crippen LogP contribution is -2.21. The monoisotopic (exact) mass is 232 g/mol. The van der Waals surface area contributed by atoms with Gasteiger partial charge in [-0.3, -0.25) is 0 Å². The van der Waals surface area contributed by atoms with Gasteiger partial charge in [-0.1, -0.05) is 19.8 Å². The van der Waals surface area contributed by atoms with Crippen LogP contribution in [-0.2, 0) is 6.54 Å². The van der Waals surface area contributed by atoms with E-state index < -0.39 is 0 Å². The summed E-state index contributed by atoms with van der Waals surface area (Å²) in [5.74, 6) is 4.02. The number of rotatable bonds is 6. The Balaban J connectivity index is 2.48. The number of nitrogens with zero attached hydrogens (tertiary/aromatic N) is 3. The lowest BCUT2D eigenvalue weighted by molar-refractivity contribution is 0.546. The normalized spacial score (nSPS) is 10.3. The van der Waals surface area contributed by atoms with Crippen molar-refractivity contribution in [3.8, 4) is 12.3 Å². The molecule has 92 valence electrons. The van der Waals surface area contributed by atoms with E-state index in [2.05, 4.69) is 35.3 Å². The fraction of sp³-hybridized carbons (Fsp3) is 0.538. The van der Waals surface area contributed by atoms with Crippen LogP contribution in [-0.4, -0.2) is 30.3 Å². The van der Waals surface area contributed by atoms with Crippen molar-refractivity contribution in [2.75, 3.05) is 25.0 Å². The van der Waals surface area contributed by atoms with Crippen LogP contribution in [0, 0.1) is 18.3 Å². The lowest BCUT2D eigenvalue weighted by Gasteiger charge is -2.14. The average Bonchev–Trinajstić information content (AvgIpc) is 2.30. The summed E-state index contributed by atoms with van der Waals surface area (Å²) >= 11 is 0. The van der Waals surface area contributed by atoms with Gasteiger partial charge in [-0.15, -0.1) is 11.5 Å². The van der Waals surface area contributed by atoms with Crippen LogP contribution in [0.3, 0.4) is 0 Å². The third kappa shape index (κ3) is 4.83. The Morgan fingerprint density at radius 3 is 2.71 bits per heavy atom. The first-order valence-corrected chi connectivity index (χ1v) is 5.81. The van der Waals surface area contributed by atoms with Gasteiger partial charge in [0.2, 0.25) is 0 Å². The van der Waals surface area contributed by atoms with Crippen molar-refractivity contribution >= 4 is 5.82 Å². The highest BCUT2D eigenvalue weighted by molar-refractivity contribution is 5.37. The van der Waals surface area contributed by atoms with E-state index >= 15 is 0 Å². The zero-order valence-electron chi connectivity index (χ0n) is 10.8. The molecule has 0 bridgehead atoms. The molecule has 1 aromatic rings. The fourth-order valence-electron chi connectivity index (χ4n) is 1.36. The molecule has 0 aliphatic heterocycles. The van der Waals surface area contributed by atoms with Crippen LogP contribution < -0.4 is 10.2 Å². The van der Waals surface area contributed by atoms with Crippen LogP contribution in [0.4, 0.5) is 5.82 Å². The Morgan fingerprint density at radius 2 is 2.18 bits per heavy atom. The Labute approximate surface area is 103 Å². The highest BCUT2D eigenvalue weighted by Crippen LogP contribution is 2.06. The van der Waals surface area contributed by atoms with E-state index in [1.54, 1.807) is 0 Å². The van der Waals surface area contributed by atoms with E-state index in [1.807, 2.05) is 24.1 Å². The topological polar surface area (TPSA) is 41.0 Å². The molecule has 0 atom stereocenters. The molecule has 0 saturated carbocycles. The predicted molar refractivity (Wildman–Crippen MR) is 70.7 cm³/mol. The molecule has 4 nitrogen and oxygen atoms in total. The van der Waals surface area contributed by atoms with Gasteiger partial charge in [-0.25, -0.2) is 0 Å². The van der Waals surface area contributed by atoms with Crippen LogP contribution in [0.5, 0.6) is 0 Å². The van der Waals surface area contributed by atoms with Crippen LogP contribution in [0.1, 0.15) is 19.5 Å². The maximum atomic E-state index is 5.24.